The summed E-state index contributed by atoms with van der Waals surface area (Å²) in [6.07, 6.45) is 3.46. The van der Waals surface area contributed by atoms with Crippen LogP contribution in [0.15, 0.2) is 64.9 Å². The van der Waals surface area contributed by atoms with Crippen LogP contribution >= 0.6 is 11.8 Å². The lowest BCUT2D eigenvalue weighted by molar-refractivity contribution is -0.386. The standard InChI is InChI=1S/C23H21FN6O3S/c1-14-21(30(32)33)15(2)29(27-14)13-16-4-6-17(7-5-16)22(31)26-19-12-18(24)8-9-20(19)34-23-25-10-11-28(23)3/h4-12H,13H2,1-3H3,(H,26,31). The first-order valence-electron chi connectivity index (χ1n) is 10.3. The number of imidazole rings is 1. The molecule has 0 atom stereocenters. The minimum atomic E-state index is -0.464. The van der Waals surface area contributed by atoms with Gasteiger partial charge in [0.15, 0.2) is 5.16 Å². The minimum Gasteiger partial charge on any atom is -0.329 e. The molecule has 1 amide bonds. The maximum Gasteiger partial charge on any atom is 0.312 e. The molecule has 11 heteroatoms. The van der Waals surface area contributed by atoms with E-state index in [2.05, 4.69) is 15.4 Å². The van der Waals surface area contributed by atoms with Crippen LogP contribution in [0.25, 0.3) is 0 Å². The number of rotatable bonds is 7. The molecule has 0 aliphatic rings. The zero-order valence-corrected chi connectivity index (χ0v) is 19.5. The molecule has 0 unspecified atom stereocenters. The molecule has 2 aromatic heterocycles. The Morgan fingerprint density at radius 2 is 1.94 bits per heavy atom. The van der Waals surface area contributed by atoms with Gasteiger partial charge in [-0.15, -0.1) is 0 Å². The predicted octanol–water partition coefficient (Wildman–Crippen LogP) is 4.73. The van der Waals surface area contributed by atoms with Gasteiger partial charge >= 0.3 is 5.69 Å². The second-order valence-electron chi connectivity index (χ2n) is 7.65. The molecule has 2 heterocycles. The van der Waals surface area contributed by atoms with Gasteiger partial charge < -0.3 is 9.88 Å². The maximum atomic E-state index is 13.9. The second kappa shape index (κ2) is 9.48. The van der Waals surface area contributed by atoms with Crippen molar-refractivity contribution in [3.63, 3.8) is 0 Å². The molecule has 4 rings (SSSR count). The summed E-state index contributed by atoms with van der Waals surface area (Å²) in [5.74, 6) is -0.852. The monoisotopic (exact) mass is 480 g/mol. The molecule has 0 spiro atoms. The van der Waals surface area contributed by atoms with Crippen LogP contribution < -0.4 is 5.32 Å². The molecule has 0 saturated heterocycles. The van der Waals surface area contributed by atoms with Crippen molar-refractivity contribution in [3.05, 3.63) is 93.3 Å². The Kier molecular flexibility index (Phi) is 6.46. The Hall–Kier alpha value is -3.99. The molecule has 34 heavy (non-hydrogen) atoms. The first kappa shape index (κ1) is 23.2. The largest absolute Gasteiger partial charge is 0.329 e. The molecule has 0 fully saturated rings. The number of nitrogens with one attached hydrogen (secondary N) is 1. The van der Waals surface area contributed by atoms with Gasteiger partial charge in [0.1, 0.15) is 17.2 Å². The lowest BCUT2D eigenvalue weighted by atomic mass is 10.1. The highest BCUT2D eigenvalue weighted by molar-refractivity contribution is 7.99. The van der Waals surface area contributed by atoms with Gasteiger partial charge in [0, 0.05) is 29.9 Å². The summed E-state index contributed by atoms with van der Waals surface area (Å²) in [6.45, 7) is 3.58. The van der Waals surface area contributed by atoms with Crippen LogP contribution in [0, 0.1) is 29.8 Å². The number of nitro groups is 1. The number of nitrogens with zero attached hydrogens (tertiary/aromatic N) is 5. The summed E-state index contributed by atoms with van der Waals surface area (Å²) in [6, 6.07) is 11.0. The fraction of sp³-hybridized carbons (Fsp3) is 0.174. The number of benzene rings is 2. The molecular formula is C23H21FN6O3S. The van der Waals surface area contributed by atoms with Crippen LogP contribution in [0.5, 0.6) is 0 Å². The topological polar surface area (TPSA) is 108 Å². The quantitative estimate of drug-likeness (QED) is 0.303. The van der Waals surface area contributed by atoms with Gasteiger partial charge in [0.05, 0.1) is 17.2 Å². The van der Waals surface area contributed by atoms with E-state index >= 15 is 0 Å². The van der Waals surface area contributed by atoms with Gasteiger partial charge in [-0.25, -0.2) is 9.37 Å². The molecule has 174 valence electrons. The van der Waals surface area contributed by atoms with Crippen molar-refractivity contribution in [2.45, 2.75) is 30.4 Å². The molecule has 0 radical (unpaired) electrons. The molecule has 4 aromatic rings. The first-order valence-corrected chi connectivity index (χ1v) is 11.1. The maximum absolute atomic E-state index is 13.9. The smallest absolute Gasteiger partial charge is 0.312 e. The van der Waals surface area contributed by atoms with E-state index in [1.54, 1.807) is 61.3 Å². The van der Waals surface area contributed by atoms with E-state index in [-0.39, 0.29) is 11.6 Å². The van der Waals surface area contributed by atoms with Gasteiger partial charge in [0.25, 0.3) is 5.91 Å². The van der Waals surface area contributed by atoms with Gasteiger partial charge in [0.2, 0.25) is 0 Å². The summed E-state index contributed by atoms with van der Waals surface area (Å²) in [4.78, 5) is 28.5. The summed E-state index contributed by atoms with van der Waals surface area (Å²) in [5.41, 5.74) is 2.39. The lowest BCUT2D eigenvalue weighted by Gasteiger charge is -2.11. The number of hydrogen-bond acceptors (Lipinski definition) is 6. The third-order valence-corrected chi connectivity index (χ3v) is 6.39. The van der Waals surface area contributed by atoms with Crippen molar-refractivity contribution >= 4 is 29.0 Å². The van der Waals surface area contributed by atoms with Crippen molar-refractivity contribution in [2.75, 3.05) is 5.32 Å². The molecular weight excluding hydrogens is 459 g/mol. The molecule has 0 aliphatic heterocycles. The number of carbonyl (C=O) groups excluding carboxylic acids is 1. The van der Waals surface area contributed by atoms with Crippen LogP contribution in [-0.2, 0) is 13.6 Å². The van der Waals surface area contributed by atoms with Crippen LogP contribution in [0.2, 0.25) is 0 Å². The van der Waals surface area contributed by atoms with E-state index in [9.17, 15) is 19.3 Å². The number of carbonyl (C=O) groups is 1. The predicted molar refractivity (Wildman–Crippen MR) is 126 cm³/mol. The minimum absolute atomic E-state index is 0.00491. The van der Waals surface area contributed by atoms with Crippen molar-refractivity contribution in [2.24, 2.45) is 7.05 Å². The number of halogens is 1. The van der Waals surface area contributed by atoms with Crippen LogP contribution in [0.1, 0.15) is 27.3 Å². The third-order valence-electron chi connectivity index (χ3n) is 5.24. The van der Waals surface area contributed by atoms with E-state index in [1.165, 1.54) is 23.9 Å². The Morgan fingerprint density at radius 1 is 1.21 bits per heavy atom. The zero-order valence-electron chi connectivity index (χ0n) is 18.7. The molecule has 0 bridgehead atoms. The molecule has 1 N–H and O–H groups in total. The number of hydrogen-bond donors (Lipinski definition) is 1. The van der Waals surface area contributed by atoms with Crippen LogP contribution in [0.3, 0.4) is 0 Å². The van der Waals surface area contributed by atoms with E-state index in [0.29, 0.717) is 39.2 Å². The average Bonchev–Trinajstić information content (AvgIpc) is 3.32. The summed E-state index contributed by atoms with van der Waals surface area (Å²) in [7, 11) is 1.85. The van der Waals surface area contributed by atoms with Gasteiger partial charge in [-0.2, -0.15) is 5.10 Å². The number of anilines is 1. The molecule has 0 aliphatic carbocycles. The number of aryl methyl sites for hydroxylation is 2. The normalized spacial score (nSPS) is 10.9. The first-order chi connectivity index (χ1) is 16.2. The fourth-order valence-corrected chi connectivity index (χ4v) is 4.34. The van der Waals surface area contributed by atoms with E-state index in [0.717, 1.165) is 5.56 Å². The fourth-order valence-electron chi connectivity index (χ4n) is 3.47. The van der Waals surface area contributed by atoms with Gasteiger partial charge in [-0.1, -0.05) is 12.1 Å². The van der Waals surface area contributed by atoms with Crippen LogP contribution in [0.4, 0.5) is 15.8 Å². The Morgan fingerprint density at radius 3 is 2.56 bits per heavy atom. The second-order valence-corrected chi connectivity index (χ2v) is 8.66. The Balaban J connectivity index is 1.50. The number of aromatic nitrogens is 4. The van der Waals surface area contributed by atoms with Gasteiger partial charge in [-0.05, 0) is 61.5 Å². The van der Waals surface area contributed by atoms with Crippen molar-refractivity contribution in [1.29, 1.82) is 0 Å². The van der Waals surface area contributed by atoms with E-state index in [4.69, 9.17) is 0 Å². The van der Waals surface area contributed by atoms with Crippen molar-refractivity contribution in [3.8, 4) is 0 Å². The average molecular weight is 481 g/mol. The van der Waals surface area contributed by atoms with E-state index in [1.807, 2.05) is 11.6 Å². The Bertz CT molecular complexity index is 1380. The summed E-state index contributed by atoms with van der Waals surface area (Å²) in [5, 5.41) is 18.9. The number of amides is 1. The Labute approximate surface area is 198 Å². The molecule has 9 nitrogen and oxygen atoms in total. The van der Waals surface area contributed by atoms with Crippen LogP contribution in [-0.4, -0.2) is 30.2 Å². The summed E-state index contributed by atoms with van der Waals surface area (Å²) < 4.78 is 17.3. The van der Waals surface area contributed by atoms with Gasteiger partial charge in [-0.3, -0.25) is 19.6 Å². The third kappa shape index (κ3) is 4.84. The highest BCUT2D eigenvalue weighted by Gasteiger charge is 2.21. The highest BCUT2D eigenvalue weighted by Crippen LogP contribution is 2.33. The molecule has 2 aromatic carbocycles. The van der Waals surface area contributed by atoms with Crippen molar-refractivity contribution in [1.82, 2.24) is 19.3 Å². The molecule has 0 saturated carbocycles. The lowest BCUT2D eigenvalue weighted by Crippen LogP contribution is -2.13. The SMILES string of the molecule is Cc1nn(Cc2ccc(C(=O)Nc3cc(F)ccc3Sc3nccn3C)cc2)c(C)c1[N+](=O)[O-]. The van der Waals surface area contributed by atoms with E-state index < -0.39 is 10.7 Å². The zero-order chi connectivity index (χ0) is 24.4. The highest BCUT2D eigenvalue weighted by atomic mass is 32.2. The van der Waals surface area contributed by atoms with Crippen molar-refractivity contribution < 1.29 is 14.1 Å². The summed E-state index contributed by atoms with van der Waals surface area (Å²) >= 11 is 1.32.